The molecule has 1 heterocycles. The third-order valence-electron chi connectivity index (χ3n) is 4.66. The number of ether oxygens (including phenoxy) is 1. The van der Waals surface area contributed by atoms with Crippen LogP contribution < -0.4 is 0 Å². The van der Waals surface area contributed by atoms with Crippen LogP contribution in [0.5, 0.6) is 0 Å². The van der Waals surface area contributed by atoms with Gasteiger partial charge in [-0.05, 0) is 43.0 Å². The molecule has 114 valence electrons. The quantitative estimate of drug-likeness (QED) is 0.922. The minimum Gasteiger partial charge on any atom is -0.458 e. The Morgan fingerprint density at radius 3 is 2.95 bits per heavy atom. The summed E-state index contributed by atoms with van der Waals surface area (Å²) < 4.78 is 24.7. The molecule has 3 rings (SSSR count). The van der Waals surface area contributed by atoms with Crippen LogP contribution in [0.25, 0.3) is 11.0 Å². The third kappa shape index (κ3) is 2.58. The van der Waals surface area contributed by atoms with Crippen LogP contribution in [0.1, 0.15) is 44.5 Å². The summed E-state index contributed by atoms with van der Waals surface area (Å²) in [7, 11) is 1.64. The monoisotopic (exact) mass is 292 g/mol. The first-order chi connectivity index (χ1) is 10.0. The molecule has 1 fully saturated rings. The van der Waals surface area contributed by atoms with Gasteiger partial charge in [0.25, 0.3) is 0 Å². The number of rotatable bonds is 3. The number of methoxy groups -OCH3 is 1. The van der Waals surface area contributed by atoms with E-state index in [1.165, 1.54) is 12.1 Å². The van der Waals surface area contributed by atoms with Crippen LogP contribution in [0.4, 0.5) is 4.39 Å². The Labute approximate surface area is 123 Å². The SMILES string of the molecule is COC1(C(O)c2cc3cc(F)ccc3o2)CCCC(C)C1. The van der Waals surface area contributed by atoms with E-state index in [4.69, 9.17) is 9.15 Å². The smallest absolute Gasteiger partial charge is 0.140 e. The first-order valence-corrected chi connectivity index (χ1v) is 7.46. The van der Waals surface area contributed by atoms with Gasteiger partial charge in [0.05, 0.1) is 0 Å². The van der Waals surface area contributed by atoms with Gasteiger partial charge in [-0.1, -0.05) is 19.8 Å². The maximum absolute atomic E-state index is 13.3. The number of hydrogen-bond donors (Lipinski definition) is 1. The number of aliphatic hydroxyl groups excluding tert-OH is 1. The molecule has 1 N–H and O–H groups in total. The van der Waals surface area contributed by atoms with E-state index in [9.17, 15) is 9.50 Å². The fraction of sp³-hybridized carbons (Fsp3) is 0.529. The number of hydrogen-bond acceptors (Lipinski definition) is 3. The lowest BCUT2D eigenvalue weighted by molar-refractivity contribution is -0.139. The number of aliphatic hydroxyl groups is 1. The summed E-state index contributed by atoms with van der Waals surface area (Å²) in [5, 5.41) is 11.4. The van der Waals surface area contributed by atoms with Crippen molar-refractivity contribution in [2.24, 2.45) is 5.92 Å². The van der Waals surface area contributed by atoms with Gasteiger partial charge in [0.1, 0.15) is 28.9 Å². The van der Waals surface area contributed by atoms with Gasteiger partial charge in [0.2, 0.25) is 0 Å². The predicted molar refractivity (Wildman–Crippen MR) is 78.5 cm³/mol. The van der Waals surface area contributed by atoms with Crippen LogP contribution in [-0.4, -0.2) is 17.8 Å². The number of halogens is 1. The Morgan fingerprint density at radius 2 is 2.24 bits per heavy atom. The van der Waals surface area contributed by atoms with Crippen LogP contribution in [0, 0.1) is 11.7 Å². The average Bonchev–Trinajstić information content (AvgIpc) is 2.89. The van der Waals surface area contributed by atoms with Gasteiger partial charge in [-0.3, -0.25) is 0 Å². The highest BCUT2D eigenvalue weighted by atomic mass is 19.1. The topological polar surface area (TPSA) is 42.6 Å². The number of benzene rings is 1. The summed E-state index contributed by atoms with van der Waals surface area (Å²) in [5.41, 5.74) is -0.0232. The molecule has 0 amide bonds. The third-order valence-corrected chi connectivity index (χ3v) is 4.66. The summed E-state index contributed by atoms with van der Waals surface area (Å²) in [5.74, 6) is 0.652. The van der Waals surface area contributed by atoms with Crippen LogP contribution in [0.15, 0.2) is 28.7 Å². The Bertz CT molecular complexity index is 636. The van der Waals surface area contributed by atoms with Crippen molar-refractivity contribution in [1.29, 1.82) is 0 Å². The van der Waals surface area contributed by atoms with Crippen molar-refractivity contribution < 1.29 is 18.7 Å². The van der Waals surface area contributed by atoms with Gasteiger partial charge < -0.3 is 14.3 Å². The lowest BCUT2D eigenvalue weighted by Crippen LogP contribution is -2.42. The van der Waals surface area contributed by atoms with E-state index in [0.29, 0.717) is 22.6 Å². The first-order valence-electron chi connectivity index (χ1n) is 7.46. The number of furan rings is 1. The predicted octanol–water partition coefficient (Wildman–Crippen LogP) is 4.20. The lowest BCUT2D eigenvalue weighted by Gasteiger charge is -2.41. The minimum absolute atomic E-state index is 0.308. The zero-order chi connectivity index (χ0) is 15.0. The summed E-state index contributed by atoms with van der Waals surface area (Å²) >= 11 is 0. The van der Waals surface area contributed by atoms with Crippen molar-refractivity contribution in [3.8, 4) is 0 Å². The standard InChI is InChI=1S/C17H21FO3/c1-11-4-3-7-17(10-11,20-2)16(19)15-9-12-8-13(18)5-6-14(12)21-15/h5-6,8-9,11,16,19H,3-4,7,10H2,1-2H3. The molecule has 4 heteroatoms. The minimum atomic E-state index is -0.833. The summed E-state index contributed by atoms with van der Waals surface area (Å²) in [6, 6.07) is 6.07. The Balaban J connectivity index is 1.96. The first kappa shape index (κ1) is 14.5. The van der Waals surface area contributed by atoms with Crippen LogP contribution in [-0.2, 0) is 4.74 Å². The molecule has 3 unspecified atom stereocenters. The van der Waals surface area contributed by atoms with Gasteiger partial charge >= 0.3 is 0 Å². The molecular formula is C17H21FO3. The fourth-order valence-electron chi connectivity index (χ4n) is 3.52. The van der Waals surface area contributed by atoms with Gasteiger partial charge in [-0.25, -0.2) is 4.39 Å². The largest absolute Gasteiger partial charge is 0.458 e. The van der Waals surface area contributed by atoms with Crippen LogP contribution in [0.2, 0.25) is 0 Å². The van der Waals surface area contributed by atoms with E-state index in [1.54, 1.807) is 19.2 Å². The lowest BCUT2D eigenvalue weighted by atomic mass is 9.75. The summed E-state index contributed by atoms with van der Waals surface area (Å²) in [6.07, 6.45) is 2.96. The molecule has 1 saturated carbocycles. The van der Waals surface area contributed by atoms with Gasteiger partial charge in [0.15, 0.2) is 0 Å². The molecule has 2 aromatic rings. The fourth-order valence-corrected chi connectivity index (χ4v) is 3.52. The molecule has 1 aliphatic rings. The van der Waals surface area contributed by atoms with Crippen molar-refractivity contribution in [3.63, 3.8) is 0 Å². The maximum atomic E-state index is 13.3. The zero-order valence-corrected chi connectivity index (χ0v) is 12.4. The maximum Gasteiger partial charge on any atom is 0.140 e. The molecule has 0 aliphatic heterocycles. The molecule has 1 aliphatic carbocycles. The van der Waals surface area contributed by atoms with Gasteiger partial charge in [-0.15, -0.1) is 0 Å². The van der Waals surface area contributed by atoms with Crippen molar-refractivity contribution >= 4 is 11.0 Å². The molecule has 3 atom stereocenters. The van der Waals surface area contributed by atoms with E-state index in [0.717, 1.165) is 25.7 Å². The molecule has 1 aromatic heterocycles. The Kier molecular flexibility index (Phi) is 3.76. The molecule has 21 heavy (non-hydrogen) atoms. The van der Waals surface area contributed by atoms with E-state index in [1.807, 2.05) is 0 Å². The van der Waals surface area contributed by atoms with E-state index >= 15 is 0 Å². The Morgan fingerprint density at radius 1 is 1.43 bits per heavy atom. The molecule has 1 aromatic carbocycles. The Hall–Kier alpha value is -1.39. The zero-order valence-electron chi connectivity index (χ0n) is 12.4. The molecular weight excluding hydrogens is 271 g/mol. The van der Waals surface area contributed by atoms with Gasteiger partial charge in [-0.2, -0.15) is 0 Å². The second-order valence-corrected chi connectivity index (χ2v) is 6.20. The second-order valence-electron chi connectivity index (χ2n) is 6.20. The molecule has 0 bridgehead atoms. The highest BCUT2D eigenvalue weighted by Gasteiger charge is 2.43. The molecule has 3 nitrogen and oxygen atoms in total. The summed E-state index contributed by atoms with van der Waals surface area (Å²) in [4.78, 5) is 0. The van der Waals surface area contributed by atoms with E-state index in [2.05, 4.69) is 6.92 Å². The summed E-state index contributed by atoms with van der Waals surface area (Å²) in [6.45, 7) is 2.17. The van der Waals surface area contributed by atoms with Crippen molar-refractivity contribution in [2.45, 2.75) is 44.3 Å². The van der Waals surface area contributed by atoms with E-state index in [-0.39, 0.29) is 5.82 Å². The van der Waals surface area contributed by atoms with Crippen molar-refractivity contribution in [1.82, 2.24) is 0 Å². The highest BCUT2D eigenvalue weighted by molar-refractivity contribution is 5.78. The van der Waals surface area contributed by atoms with Crippen LogP contribution in [0.3, 0.4) is 0 Å². The number of fused-ring (bicyclic) bond motifs is 1. The van der Waals surface area contributed by atoms with Gasteiger partial charge in [0, 0.05) is 12.5 Å². The van der Waals surface area contributed by atoms with E-state index < -0.39 is 11.7 Å². The van der Waals surface area contributed by atoms with Crippen molar-refractivity contribution in [2.75, 3.05) is 7.11 Å². The normalized spacial score (nSPS) is 27.9. The van der Waals surface area contributed by atoms with Crippen LogP contribution >= 0.6 is 0 Å². The average molecular weight is 292 g/mol. The highest BCUT2D eigenvalue weighted by Crippen LogP contribution is 2.44. The molecule has 0 saturated heterocycles. The second kappa shape index (κ2) is 5.43. The molecule has 0 radical (unpaired) electrons. The molecule has 0 spiro atoms. The van der Waals surface area contributed by atoms with Crippen molar-refractivity contribution in [3.05, 3.63) is 35.8 Å².